The number of hydrogen-bond donors (Lipinski definition) is 0. The minimum Gasteiger partial charge on any atom is -0.426 e. The highest BCUT2D eigenvalue weighted by Gasteiger charge is 2.22. The quantitative estimate of drug-likeness (QED) is 0.575. The van der Waals surface area contributed by atoms with Crippen LogP contribution in [0.25, 0.3) is 0 Å². The van der Waals surface area contributed by atoms with Crippen molar-refractivity contribution < 1.29 is 13.6 Å². The van der Waals surface area contributed by atoms with Crippen molar-refractivity contribution in [1.29, 1.82) is 0 Å². The lowest BCUT2D eigenvalue weighted by Gasteiger charge is -2.23. The zero-order chi connectivity index (χ0) is 9.97. The fraction of sp³-hybridized carbons (Fsp3) is 0.250. The first kappa shape index (κ1) is 10.2. The van der Waals surface area contributed by atoms with Crippen molar-refractivity contribution in [3.05, 3.63) is 28.8 Å². The third kappa shape index (κ3) is 2.21. The molecule has 2 radical (unpaired) electrons. The lowest BCUT2D eigenvalue weighted by Crippen LogP contribution is -2.06. The van der Waals surface area contributed by atoms with Crippen molar-refractivity contribution in [3.63, 3.8) is 0 Å². The Balaban J connectivity index is 2.15. The molecule has 6 heteroatoms. The Morgan fingerprint density at radius 1 is 1.57 bits per heavy atom. The van der Waals surface area contributed by atoms with Gasteiger partial charge in [-0.1, -0.05) is 11.6 Å². The summed E-state index contributed by atoms with van der Waals surface area (Å²) < 4.78 is 15.7. The monoisotopic (exact) mass is 228 g/mol. The highest BCUT2D eigenvalue weighted by Crippen LogP contribution is 2.47. The summed E-state index contributed by atoms with van der Waals surface area (Å²) >= 11 is 5.82. The molecule has 0 aromatic heterocycles. The first-order valence-corrected chi connectivity index (χ1v) is 5.49. The molecule has 0 spiro atoms. The van der Waals surface area contributed by atoms with Crippen molar-refractivity contribution >= 4 is 28.0 Å². The minimum absolute atomic E-state index is 0.0919. The Labute approximate surface area is 89.7 Å². The molecule has 1 aromatic rings. The van der Waals surface area contributed by atoms with Crippen LogP contribution in [-0.2, 0) is 15.7 Å². The predicted octanol–water partition coefficient (Wildman–Crippen LogP) is 2.62. The second-order valence-corrected chi connectivity index (χ2v) is 4.22. The summed E-state index contributed by atoms with van der Waals surface area (Å²) in [5, 5.41) is 0.668. The van der Waals surface area contributed by atoms with Crippen molar-refractivity contribution in [3.8, 4) is 5.75 Å². The van der Waals surface area contributed by atoms with E-state index in [4.69, 9.17) is 33.0 Å². The molecule has 1 aliphatic heterocycles. The molecule has 0 bridgehead atoms. The third-order valence-electron chi connectivity index (χ3n) is 1.70. The second kappa shape index (κ2) is 4.50. The van der Waals surface area contributed by atoms with Crippen LogP contribution in [0.3, 0.4) is 0 Å². The highest BCUT2D eigenvalue weighted by molar-refractivity contribution is 7.42. The Morgan fingerprint density at radius 3 is 3.21 bits per heavy atom. The van der Waals surface area contributed by atoms with Gasteiger partial charge in [0.15, 0.2) is 0 Å². The smallest absolute Gasteiger partial charge is 0.396 e. The zero-order valence-corrected chi connectivity index (χ0v) is 8.92. The lowest BCUT2D eigenvalue weighted by molar-refractivity contribution is 0.200. The zero-order valence-electron chi connectivity index (χ0n) is 7.27. The number of hydrogen-bond acceptors (Lipinski definition) is 3. The molecule has 0 amide bonds. The van der Waals surface area contributed by atoms with E-state index in [1.165, 1.54) is 0 Å². The third-order valence-corrected chi connectivity index (χ3v) is 2.98. The topological polar surface area (TPSA) is 27.7 Å². The molecule has 0 aliphatic carbocycles. The molecule has 2 rings (SSSR count). The van der Waals surface area contributed by atoms with Gasteiger partial charge in [-0.2, -0.15) is 0 Å². The summed E-state index contributed by atoms with van der Waals surface area (Å²) in [7, 11) is 3.88. The molecule has 0 fully saturated rings. The molecule has 1 aliphatic rings. The van der Waals surface area contributed by atoms with Gasteiger partial charge in [0, 0.05) is 17.1 Å². The number of rotatable bonds is 2. The van der Waals surface area contributed by atoms with Crippen molar-refractivity contribution in [2.45, 2.75) is 6.61 Å². The SMILES string of the molecule is [B]COP1OCc2cc(Cl)ccc2O1. The van der Waals surface area contributed by atoms with E-state index in [-0.39, 0.29) is 6.51 Å². The van der Waals surface area contributed by atoms with Gasteiger partial charge in [-0.3, -0.25) is 4.52 Å². The van der Waals surface area contributed by atoms with Gasteiger partial charge in [-0.05, 0) is 18.2 Å². The van der Waals surface area contributed by atoms with E-state index in [2.05, 4.69) is 0 Å². The van der Waals surface area contributed by atoms with Gasteiger partial charge >= 0.3 is 8.60 Å². The van der Waals surface area contributed by atoms with Crippen LogP contribution < -0.4 is 4.52 Å². The molecule has 3 nitrogen and oxygen atoms in total. The molecule has 72 valence electrons. The summed E-state index contributed by atoms with van der Waals surface area (Å²) in [5.41, 5.74) is 0.928. The van der Waals surface area contributed by atoms with Crippen LogP contribution in [0.4, 0.5) is 0 Å². The van der Waals surface area contributed by atoms with Gasteiger partial charge in [0.25, 0.3) is 0 Å². The van der Waals surface area contributed by atoms with Gasteiger partial charge in [0.05, 0.1) is 6.61 Å². The fourth-order valence-electron chi connectivity index (χ4n) is 1.10. The van der Waals surface area contributed by atoms with Gasteiger partial charge in [-0.15, -0.1) is 0 Å². The molecule has 1 aromatic carbocycles. The summed E-state index contributed by atoms with van der Waals surface area (Å²) in [4.78, 5) is 0. The maximum Gasteiger partial charge on any atom is 0.396 e. The van der Waals surface area contributed by atoms with E-state index in [9.17, 15) is 0 Å². The Morgan fingerprint density at radius 2 is 2.43 bits per heavy atom. The maximum atomic E-state index is 5.82. The number of halogens is 1. The number of fused-ring (bicyclic) bond motifs is 1. The van der Waals surface area contributed by atoms with Crippen molar-refractivity contribution in [2.75, 3.05) is 6.51 Å². The Kier molecular flexibility index (Phi) is 3.29. The molecular formula is C8H7BClO3P. The van der Waals surface area contributed by atoms with Crippen molar-refractivity contribution in [2.24, 2.45) is 0 Å². The van der Waals surface area contributed by atoms with Crippen LogP contribution in [0.1, 0.15) is 5.56 Å². The molecule has 0 saturated carbocycles. The van der Waals surface area contributed by atoms with Crippen LogP contribution in [0.15, 0.2) is 18.2 Å². The van der Waals surface area contributed by atoms with E-state index < -0.39 is 8.60 Å². The van der Waals surface area contributed by atoms with Gasteiger partial charge in [-0.25, -0.2) is 0 Å². The predicted molar refractivity (Wildman–Crippen MR) is 55.5 cm³/mol. The van der Waals surface area contributed by atoms with E-state index >= 15 is 0 Å². The van der Waals surface area contributed by atoms with Gasteiger partial charge in [0.2, 0.25) is 0 Å². The highest BCUT2D eigenvalue weighted by atomic mass is 35.5. The first-order chi connectivity index (χ1) is 6.79. The average molecular weight is 228 g/mol. The molecule has 1 atom stereocenters. The number of benzene rings is 1. The molecule has 1 heterocycles. The first-order valence-electron chi connectivity index (χ1n) is 4.02. The summed E-state index contributed by atoms with van der Waals surface area (Å²) in [5.74, 6) is 0.750. The van der Waals surface area contributed by atoms with Crippen LogP contribution in [-0.4, -0.2) is 14.4 Å². The molecule has 14 heavy (non-hydrogen) atoms. The van der Waals surface area contributed by atoms with E-state index in [0.717, 1.165) is 11.3 Å². The largest absolute Gasteiger partial charge is 0.426 e. The molecule has 0 N–H and O–H groups in total. The van der Waals surface area contributed by atoms with E-state index in [1.807, 2.05) is 6.07 Å². The Bertz CT molecular complexity index is 336. The fourth-order valence-corrected chi connectivity index (χ4v) is 2.18. The minimum atomic E-state index is -1.34. The second-order valence-electron chi connectivity index (χ2n) is 2.64. The molecular weight excluding hydrogens is 221 g/mol. The van der Waals surface area contributed by atoms with E-state index in [0.29, 0.717) is 11.6 Å². The van der Waals surface area contributed by atoms with Crippen LogP contribution in [0.2, 0.25) is 5.02 Å². The van der Waals surface area contributed by atoms with Crippen molar-refractivity contribution in [1.82, 2.24) is 0 Å². The van der Waals surface area contributed by atoms with Gasteiger partial charge in [0.1, 0.15) is 13.6 Å². The standard InChI is InChI=1S/C8H7BClO3P/c9-5-12-14-11-4-6-3-7(10)1-2-8(6)13-14/h1-3H,4-5H2. The van der Waals surface area contributed by atoms with Gasteiger partial charge < -0.3 is 9.05 Å². The van der Waals surface area contributed by atoms with Crippen LogP contribution >= 0.6 is 20.2 Å². The summed E-state index contributed by atoms with van der Waals surface area (Å²) in [6.45, 7) is 0.538. The lowest BCUT2D eigenvalue weighted by atomic mass is 10.2. The normalized spacial score (nSPS) is 19.9. The summed E-state index contributed by atoms with van der Waals surface area (Å²) in [6, 6.07) is 5.38. The molecule has 1 unspecified atom stereocenters. The average Bonchev–Trinajstić information content (AvgIpc) is 2.19. The summed E-state index contributed by atoms with van der Waals surface area (Å²) in [6.07, 6.45) is 0. The molecule has 0 saturated heterocycles. The van der Waals surface area contributed by atoms with Crippen LogP contribution in [0.5, 0.6) is 5.75 Å². The van der Waals surface area contributed by atoms with Crippen LogP contribution in [0, 0.1) is 0 Å². The van der Waals surface area contributed by atoms with E-state index in [1.54, 1.807) is 12.1 Å². The Hall–Kier alpha value is -0.275. The maximum absolute atomic E-state index is 5.82.